The highest BCUT2D eigenvalue weighted by Crippen LogP contribution is 2.27. The second-order valence-corrected chi connectivity index (χ2v) is 5.71. The molecule has 0 saturated carbocycles. The zero-order valence-electron chi connectivity index (χ0n) is 13.6. The maximum absolute atomic E-state index is 12.1. The van der Waals surface area contributed by atoms with Crippen LogP contribution in [0.25, 0.3) is 22.4 Å². The van der Waals surface area contributed by atoms with E-state index in [0.717, 1.165) is 5.52 Å². The molecule has 25 heavy (non-hydrogen) atoms. The first-order chi connectivity index (χ1) is 12.0. The topological polar surface area (TPSA) is 106 Å². The van der Waals surface area contributed by atoms with Gasteiger partial charge in [-0.2, -0.15) is 0 Å². The Balaban J connectivity index is 2.14. The molecule has 1 atom stereocenters. The van der Waals surface area contributed by atoms with Crippen LogP contribution in [0.2, 0.25) is 0 Å². The van der Waals surface area contributed by atoms with Gasteiger partial charge >= 0.3 is 0 Å². The highest BCUT2D eigenvalue weighted by molar-refractivity contribution is 6.25. The molecule has 3 aromatic rings. The number of nitrogens with one attached hydrogen (secondary N) is 1. The number of nitrogens with zero attached hydrogens (tertiary/aromatic N) is 1. The minimum Gasteiger partial charge on any atom is -0.506 e. The molecule has 4 N–H and O–H groups in total. The number of hydrogen-bond donors (Lipinski definition) is 4. The summed E-state index contributed by atoms with van der Waals surface area (Å²) in [5.74, 6) is -0.303. The van der Waals surface area contributed by atoms with E-state index in [4.69, 9.17) is 5.11 Å². The largest absolute Gasteiger partial charge is 0.506 e. The van der Waals surface area contributed by atoms with Crippen molar-refractivity contribution in [3.05, 3.63) is 65.5 Å². The van der Waals surface area contributed by atoms with Gasteiger partial charge in [0, 0.05) is 5.56 Å². The maximum Gasteiger partial charge on any atom is 0.167 e. The van der Waals surface area contributed by atoms with E-state index in [9.17, 15) is 15.0 Å². The molecule has 6 nitrogen and oxygen atoms in total. The van der Waals surface area contributed by atoms with Gasteiger partial charge in [0.1, 0.15) is 23.3 Å². The summed E-state index contributed by atoms with van der Waals surface area (Å²) in [5, 5.41) is 29.5. The predicted octanol–water partition coefficient (Wildman–Crippen LogP) is 2.60. The predicted molar refractivity (Wildman–Crippen MR) is 94.7 cm³/mol. The first-order valence-corrected chi connectivity index (χ1v) is 7.80. The molecule has 128 valence electrons. The maximum atomic E-state index is 12.1. The summed E-state index contributed by atoms with van der Waals surface area (Å²) in [7, 11) is 0. The summed E-state index contributed by atoms with van der Waals surface area (Å²) in [5.41, 5.74) is 2.31. The van der Waals surface area contributed by atoms with Gasteiger partial charge in [0.25, 0.3) is 0 Å². The zero-order valence-corrected chi connectivity index (χ0v) is 13.6. The van der Waals surface area contributed by atoms with Crippen molar-refractivity contribution in [3.8, 4) is 0 Å². The molecule has 0 fully saturated rings. The first kappa shape index (κ1) is 16.9. The van der Waals surface area contributed by atoms with Crippen LogP contribution in [0.5, 0.6) is 0 Å². The molecular weight excluding hydrogens is 320 g/mol. The van der Waals surface area contributed by atoms with Crippen molar-refractivity contribution < 1.29 is 20.1 Å². The lowest BCUT2D eigenvalue weighted by molar-refractivity contribution is -0.111. The zero-order chi connectivity index (χ0) is 18.0. The average Bonchev–Trinajstić information content (AvgIpc) is 3.04. The number of aromatic amines is 1. The number of aromatic nitrogens is 2. The summed E-state index contributed by atoms with van der Waals surface area (Å²) < 4.78 is 0. The van der Waals surface area contributed by atoms with E-state index in [1.165, 1.54) is 13.0 Å². The van der Waals surface area contributed by atoms with Crippen LogP contribution in [0.4, 0.5) is 0 Å². The number of rotatable bonds is 5. The Morgan fingerprint density at radius 2 is 1.96 bits per heavy atom. The molecule has 0 aliphatic rings. The highest BCUT2D eigenvalue weighted by Gasteiger charge is 2.19. The average molecular weight is 338 g/mol. The van der Waals surface area contributed by atoms with Gasteiger partial charge in [0.2, 0.25) is 0 Å². The van der Waals surface area contributed by atoms with Crippen molar-refractivity contribution in [2.45, 2.75) is 13.0 Å². The van der Waals surface area contributed by atoms with Crippen molar-refractivity contribution in [1.82, 2.24) is 9.97 Å². The van der Waals surface area contributed by atoms with Crippen LogP contribution in [-0.2, 0) is 4.79 Å². The van der Waals surface area contributed by atoms with Gasteiger partial charge in [0.15, 0.2) is 5.78 Å². The quantitative estimate of drug-likeness (QED) is 0.423. The number of Topliss-reactive ketones (excluding diaryl/α,β-unsaturated/α-hetero) is 1. The lowest BCUT2D eigenvalue weighted by Gasteiger charge is -2.11. The number of para-hydroxylation sites is 2. The third kappa shape index (κ3) is 3.31. The monoisotopic (exact) mass is 338 g/mol. The molecule has 0 bridgehead atoms. The number of ketones is 1. The van der Waals surface area contributed by atoms with Crippen LogP contribution in [0.1, 0.15) is 30.0 Å². The third-order valence-electron chi connectivity index (χ3n) is 3.93. The molecule has 3 rings (SSSR count). The first-order valence-electron chi connectivity index (χ1n) is 7.80. The molecule has 0 aliphatic heterocycles. The van der Waals surface area contributed by atoms with Crippen LogP contribution in [0, 0.1) is 0 Å². The van der Waals surface area contributed by atoms with Crippen LogP contribution < -0.4 is 0 Å². The fourth-order valence-corrected chi connectivity index (χ4v) is 2.66. The van der Waals surface area contributed by atoms with Crippen molar-refractivity contribution in [2.75, 3.05) is 6.61 Å². The number of carbonyl (C=O) groups is 1. The minimum atomic E-state index is -1.06. The fraction of sp³-hybridized carbons (Fsp3) is 0.158. The van der Waals surface area contributed by atoms with Crippen molar-refractivity contribution in [2.24, 2.45) is 0 Å². The number of benzene rings is 2. The molecule has 0 spiro atoms. The highest BCUT2D eigenvalue weighted by atomic mass is 16.3. The molecule has 0 amide bonds. The van der Waals surface area contributed by atoms with E-state index in [1.54, 1.807) is 18.2 Å². The number of carbonyl (C=O) groups excluding carboxylic acids is 1. The normalized spacial score (nSPS) is 13.6. The summed E-state index contributed by atoms with van der Waals surface area (Å²) in [6, 6.07) is 13.7. The van der Waals surface area contributed by atoms with Crippen LogP contribution >= 0.6 is 0 Å². The van der Waals surface area contributed by atoms with Gasteiger partial charge in [-0.05, 0) is 30.7 Å². The molecule has 1 aromatic heterocycles. The molecule has 1 heterocycles. The molecule has 1 unspecified atom stereocenters. The summed E-state index contributed by atoms with van der Waals surface area (Å²) >= 11 is 0. The second kappa shape index (κ2) is 6.88. The van der Waals surface area contributed by atoms with Crippen LogP contribution in [0.15, 0.2) is 48.5 Å². The van der Waals surface area contributed by atoms with E-state index >= 15 is 0 Å². The van der Waals surface area contributed by atoms with E-state index in [-0.39, 0.29) is 22.9 Å². The number of allylic oxidation sites excluding steroid dienone is 1. The molecular formula is C19H18N2O4. The Morgan fingerprint density at radius 3 is 2.64 bits per heavy atom. The van der Waals surface area contributed by atoms with Crippen molar-refractivity contribution in [3.63, 3.8) is 0 Å². The Morgan fingerprint density at radius 1 is 1.20 bits per heavy atom. The standard InChI is InChI=1S/C19H18N2O4/c1-11(23)17(19-20-14-7-2-3-8-15(14)21-19)18(25)13-6-4-5-12(9-13)16(24)10-22/h2-9,16,22,24-25H,10H2,1H3,(H,20,21)/b18-17-. The van der Waals surface area contributed by atoms with Gasteiger partial charge in [-0.25, -0.2) is 4.98 Å². The summed E-state index contributed by atoms with van der Waals surface area (Å²) in [6.45, 7) is 0.919. The Hall–Kier alpha value is -2.96. The Bertz CT molecular complexity index is 926. The Kier molecular flexibility index (Phi) is 4.65. The summed E-state index contributed by atoms with van der Waals surface area (Å²) in [4.78, 5) is 19.6. The molecule has 6 heteroatoms. The number of fused-ring (bicyclic) bond motifs is 1. The van der Waals surface area contributed by atoms with E-state index in [0.29, 0.717) is 16.6 Å². The van der Waals surface area contributed by atoms with Gasteiger partial charge < -0.3 is 20.3 Å². The number of H-pyrrole nitrogens is 1. The smallest absolute Gasteiger partial charge is 0.167 e. The van der Waals surface area contributed by atoms with E-state index < -0.39 is 12.7 Å². The number of hydrogen-bond acceptors (Lipinski definition) is 5. The minimum absolute atomic E-state index is 0.0619. The van der Waals surface area contributed by atoms with E-state index in [2.05, 4.69) is 9.97 Å². The van der Waals surface area contributed by atoms with Crippen molar-refractivity contribution in [1.29, 1.82) is 0 Å². The SMILES string of the molecule is CC(=O)/C(=C(/O)c1cccc(C(O)CO)c1)c1nc2ccccc2[nH]1. The number of aliphatic hydroxyl groups is 3. The van der Waals surface area contributed by atoms with Gasteiger partial charge in [-0.1, -0.05) is 30.3 Å². The molecule has 0 radical (unpaired) electrons. The molecule has 0 aliphatic carbocycles. The second-order valence-electron chi connectivity index (χ2n) is 5.71. The molecule has 0 saturated heterocycles. The lowest BCUT2D eigenvalue weighted by Crippen LogP contribution is -2.05. The van der Waals surface area contributed by atoms with Gasteiger partial charge in [-0.3, -0.25) is 4.79 Å². The van der Waals surface area contributed by atoms with Crippen LogP contribution in [0.3, 0.4) is 0 Å². The number of imidazole rings is 1. The van der Waals surface area contributed by atoms with Gasteiger partial charge in [-0.15, -0.1) is 0 Å². The molecule has 2 aromatic carbocycles. The summed E-state index contributed by atoms with van der Waals surface area (Å²) in [6.07, 6.45) is -1.06. The van der Waals surface area contributed by atoms with Gasteiger partial charge in [0.05, 0.1) is 17.6 Å². The van der Waals surface area contributed by atoms with E-state index in [1.807, 2.05) is 24.3 Å². The lowest BCUT2D eigenvalue weighted by atomic mass is 10.0. The third-order valence-corrected chi connectivity index (χ3v) is 3.93. The Labute approximate surface area is 144 Å². The number of aliphatic hydroxyl groups excluding tert-OH is 3. The fourth-order valence-electron chi connectivity index (χ4n) is 2.66. The van der Waals surface area contributed by atoms with Crippen LogP contribution in [-0.4, -0.2) is 37.7 Å². The van der Waals surface area contributed by atoms with Crippen molar-refractivity contribution >= 4 is 28.1 Å².